The van der Waals surface area contributed by atoms with Gasteiger partial charge in [-0.3, -0.25) is 4.99 Å². The molecule has 0 saturated heterocycles. The second-order valence-electron chi connectivity index (χ2n) is 4.76. The molecule has 0 aliphatic rings. The molecule has 2 nitrogen and oxygen atoms in total. The van der Waals surface area contributed by atoms with Crippen LogP contribution in [-0.4, -0.2) is 12.8 Å². The van der Waals surface area contributed by atoms with E-state index in [0.717, 1.165) is 32.4 Å². The third kappa shape index (κ3) is 4.68. The summed E-state index contributed by atoms with van der Waals surface area (Å²) in [5.41, 5.74) is 3.19. The predicted octanol–water partition coefficient (Wildman–Crippen LogP) is 6.06. The minimum Gasteiger partial charge on any atom is -0.491 e. The molecule has 0 spiro atoms. The van der Waals surface area contributed by atoms with Crippen LogP contribution in [0.5, 0.6) is 5.75 Å². The number of rotatable bonds is 5. The van der Waals surface area contributed by atoms with Crippen molar-refractivity contribution in [1.82, 2.24) is 0 Å². The Bertz CT molecular complexity index is 613. The Balaban J connectivity index is 2.19. The number of halogens is 2. The number of hydrogen-bond donors (Lipinski definition) is 0. The SMILES string of the molecule is CCCOc1c(Br)cc(C=Nc2ccc(C)cc2)cc1Br. The van der Waals surface area contributed by atoms with Gasteiger partial charge in [-0.15, -0.1) is 0 Å². The number of aliphatic imine (C=N–C) groups is 1. The molecule has 21 heavy (non-hydrogen) atoms. The van der Waals surface area contributed by atoms with E-state index in [2.05, 4.69) is 62.8 Å². The molecule has 0 radical (unpaired) electrons. The minimum atomic E-state index is 0.702. The third-order valence-electron chi connectivity index (χ3n) is 2.87. The van der Waals surface area contributed by atoms with Gasteiger partial charge < -0.3 is 4.74 Å². The van der Waals surface area contributed by atoms with Crippen molar-refractivity contribution in [1.29, 1.82) is 0 Å². The average Bonchev–Trinajstić information content (AvgIpc) is 2.46. The molecule has 2 rings (SSSR count). The molecule has 4 heteroatoms. The number of nitrogens with zero attached hydrogens (tertiary/aromatic N) is 1. The molecule has 0 unspecified atom stereocenters. The van der Waals surface area contributed by atoms with Crippen LogP contribution in [0.2, 0.25) is 0 Å². The van der Waals surface area contributed by atoms with Gasteiger partial charge in [0.25, 0.3) is 0 Å². The van der Waals surface area contributed by atoms with Crippen LogP contribution in [0, 0.1) is 6.92 Å². The maximum atomic E-state index is 5.71. The molecule has 2 aromatic carbocycles. The van der Waals surface area contributed by atoms with E-state index in [-0.39, 0.29) is 0 Å². The summed E-state index contributed by atoms with van der Waals surface area (Å²) in [6.45, 7) is 4.86. The van der Waals surface area contributed by atoms with Crippen LogP contribution in [0.1, 0.15) is 24.5 Å². The van der Waals surface area contributed by atoms with Crippen molar-refractivity contribution in [2.24, 2.45) is 4.99 Å². The summed E-state index contributed by atoms with van der Waals surface area (Å²) in [5.74, 6) is 0.837. The van der Waals surface area contributed by atoms with Crippen molar-refractivity contribution < 1.29 is 4.74 Å². The third-order valence-corrected chi connectivity index (χ3v) is 4.05. The molecule has 0 N–H and O–H groups in total. The van der Waals surface area contributed by atoms with Crippen molar-refractivity contribution in [2.75, 3.05) is 6.61 Å². The Morgan fingerprint density at radius 2 is 1.71 bits per heavy atom. The lowest BCUT2D eigenvalue weighted by Crippen LogP contribution is -1.97. The average molecular weight is 411 g/mol. The molecule has 0 aliphatic heterocycles. The molecule has 110 valence electrons. The summed E-state index contributed by atoms with van der Waals surface area (Å²) >= 11 is 7.09. The first-order valence-electron chi connectivity index (χ1n) is 6.82. The lowest BCUT2D eigenvalue weighted by molar-refractivity contribution is 0.313. The van der Waals surface area contributed by atoms with Crippen LogP contribution in [-0.2, 0) is 0 Å². The minimum absolute atomic E-state index is 0.702. The standard InChI is InChI=1S/C17H17Br2NO/c1-3-8-21-17-15(18)9-13(10-16(17)19)11-20-14-6-4-12(2)5-7-14/h4-7,9-11H,3,8H2,1-2H3. The zero-order chi connectivity index (χ0) is 15.2. The summed E-state index contributed by atoms with van der Waals surface area (Å²) in [4.78, 5) is 4.48. The Kier molecular flexibility index (Phi) is 6.00. The second-order valence-corrected chi connectivity index (χ2v) is 6.46. The van der Waals surface area contributed by atoms with Crippen LogP contribution in [0.4, 0.5) is 5.69 Å². The first-order valence-corrected chi connectivity index (χ1v) is 8.41. The number of hydrogen-bond acceptors (Lipinski definition) is 2. The predicted molar refractivity (Wildman–Crippen MR) is 96.1 cm³/mol. The van der Waals surface area contributed by atoms with E-state index in [1.54, 1.807) is 0 Å². The number of aryl methyl sites for hydroxylation is 1. The van der Waals surface area contributed by atoms with E-state index >= 15 is 0 Å². The normalized spacial score (nSPS) is 11.0. The molecular weight excluding hydrogens is 394 g/mol. The van der Waals surface area contributed by atoms with E-state index in [0.29, 0.717) is 6.61 Å². The Morgan fingerprint density at radius 1 is 1.10 bits per heavy atom. The summed E-state index contributed by atoms with van der Waals surface area (Å²) in [5, 5.41) is 0. The molecule has 0 aromatic heterocycles. The highest BCUT2D eigenvalue weighted by Gasteiger charge is 2.08. The molecule has 0 atom stereocenters. The molecule has 0 heterocycles. The smallest absolute Gasteiger partial charge is 0.147 e. The summed E-state index contributed by atoms with van der Waals surface area (Å²) in [7, 11) is 0. The van der Waals surface area contributed by atoms with Crippen molar-refractivity contribution in [3.63, 3.8) is 0 Å². The number of ether oxygens (including phenoxy) is 1. The molecule has 2 aromatic rings. The lowest BCUT2D eigenvalue weighted by atomic mass is 10.2. The van der Waals surface area contributed by atoms with E-state index in [1.807, 2.05) is 30.5 Å². The van der Waals surface area contributed by atoms with Crippen LogP contribution >= 0.6 is 31.9 Å². The van der Waals surface area contributed by atoms with Gasteiger partial charge in [0.2, 0.25) is 0 Å². The van der Waals surface area contributed by atoms with Crippen LogP contribution in [0.15, 0.2) is 50.3 Å². The maximum absolute atomic E-state index is 5.71. The van der Waals surface area contributed by atoms with Crippen molar-refractivity contribution >= 4 is 43.8 Å². The fourth-order valence-corrected chi connectivity index (χ4v) is 3.23. The molecule has 0 aliphatic carbocycles. The first-order chi connectivity index (χ1) is 10.1. The fourth-order valence-electron chi connectivity index (χ4n) is 1.78. The summed E-state index contributed by atoms with van der Waals surface area (Å²) in [6.07, 6.45) is 2.83. The van der Waals surface area contributed by atoms with E-state index in [9.17, 15) is 0 Å². The summed E-state index contributed by atoms with van der Waals surface area (Å²) in [6, 6.07) is 12.1. The maximum Gasteiger partial charge on any atom is 0.147 e. The highest BCUT2D eigenvalue weighted by atomic mass is 79.9. The Labute approximate surface area is 142 Å². The molecule has 0 fully saturated rings. The van der Waals surface area contributed by atoms with Crippen molar-refractivity contribution in [2.45, 2.75) is 20.3 Å². The largest absolute Gasteiger partial charge is 0.491 e. The quantitative estimate of drug-likeness (QED) is 0.549. The summed E-state index contributed by atoms with van der Waals surface area (Å²) < 4.78 is 7.56. The van der Waals surface area contributed by atoms with Crippen LogP contribution < -0.4 is 4.74 Å². The Hall–Kier alpha value is -1.13. The van der Waals surface area contributed by atoms with Gasteiger partial charge in [-0.2, -0.15) is 0 Å². The highest BCUT2D eigenvalue weighted by Crippen LogP contribution is 2.34. The van der Waals surface area contributed by atoms with Gasteiger partial charge in [0.05, 0.1) is 21.2 Å². The van der Waals surface area contributed by atoms with Crippen LogP contribution in [0.25, 0.3) is 0 Å². The molecule has 0 saturated carbocycles. The van der Waals surface area contributed by atoms with Gasteiger partial charge in [0, 0.05) is 6.21 Å². The zero-order valence-corrected chi connectivity index (χ0v) is 15.2. The van der Waals surface area contributed by atoms with Crippen molar-refractivity contribution in [3.8, 4) is 5.75 Å². The highest BCUT2D eigenvalue weighted by molar-refractivity contribution is 9.11. The topological polar surface area (TPSA) is 21.6 Å². The molecule has 0 bridgehead atoms. The Morgan fingerprint density at radius 3 is 2.29 bits per heavy atom. The van der Waals surface area contributed by atoms with E-state index < -0.39 is 0 Å². The number of benzene rings is 2. The molecular formula is C17H17Br2NO. The van der Waals surface area contributed by atoms with Gasteiger partial charge >= 0.3 is 0 Å². The lowest BCUT2D eigenvalue weighted by Gasteiger charge is -2.10. The fraction of sp³-hybridized carbons (Fsp3) is 0.235. The van der Waals surface area contributed by atoms with Gasteiger partial charge in [-0.05, 0) is 75.0 Å². The van der Waals surface area contributed by atoms with Gasteiger partial charge in [0.15, 0.2) is 0 Å². The first kappa shape index (κ1) is 16.2. The van der Waals surface area contributed by atoms with Gasteiger partial charge in [-0.25, -0.2) is 0 Å². The monoisotopic (exact) mass is 409 g/mol. The van der Waals surface area contributed by atoms with Gasteiger partial charge in [0.1, 0.15) is 5.75 Å². The van der Waals surface area contributed by atoms with E-state index in [1.165, 1.54) is 5.56 Å². The molecule has 0 amide bonds. The van der Waals surface area contributed by atoms with E-state index in [4.69, 9.17) is 4.74 Å². The second kappa shape index (κ2) is 7.76. The van der Waals surface area contributed by atoms with Crippen LogP contribution in [0.3, 0.4) is 0 Å². The van der Waals surface area contributed by atoms with Gasteiger partial charge in [-0.1, -0.05) is 24.6 Å². The zero-order valence-electron chi connectivity index (χ0n) is 12.1. The van der Waals surface area contributed by atoms with Crippen molar-refractivity contribution in [3.05, 3.63) is 56.5 Å².